The Labute approximate surface area is 164 Å². The number of nitrogens with zero attached hydrogens (tertiary/aromatic N) is 1. The fraction of sp³-hybridized carbons (Fsp3) is 0.333. The molecule has 6 heteroatoms. The van der Waals surface area contributed by atoms with Crippen molar-refractivity contribution in [2.45, 2.75) is 25.7 Å². The molecule has 2 aromatic rings. The van der Waals surface area contributed by atoms with Crippen molar-refractivity contribution in [3.05, 3.63) is 59.1 Å². The molecular weight excluding hydrogens is 364 g/mol. The highest BCUT2D eigenvalue weighted by Gasteiger charge is 2.17. The number of hydrogen-bond acceptors (Lipinski definition) is 3. The van der Waals surface area contributed by atoms with Crippen LogP contribution in [0.25, 0.3) is 0 Å². The van der Waals surface area contributed by atoms with Gasteiger partial charge in [-0.05, 0) is 61.2 Å². The summed E-state index contributed by atoms with van der Waals surface area (Å²) in [4.78, 5) is 26.0. The average Bonchev–Trinajstić information content (AvgIpc) is 3.22. The Morgan fingerprint density at radius 2 is 1.67 bits per heavy atom. The lowest BCUT2D eigenvalue weighted by Gasteiger charge is -2.15. The summed E-state index contributed by atoms with van der Waals surface area (Å²) >= 11 is 5.81. The molecule has 1 N–H and O–H groups in total. The molecule has 0 radical (unpaired) electrons. The Kier molecular flexibility index (Phi) is 6.71. The Morgan fingerprint density at radius 1 is 1.00 bits per heavy atom. The van der Waals surface area contributed by atoms with E-state index < -0.39 is 0 Å². The molecule has 0 atom stereocenters. The minimum Gasteiger partial charge on any atom is -0.484 e. The van der Waals surface area contributed by atoms with Gasteiger partial charge in [0.25, 0.3) is 5.91 Å². The summed E-state index contributed by atoms with van der Waals surface area (Å²) in [6.45, 7) is 1.71. The quantitative estimate of drug-likeness (QED) is 0.784. The van der Waals surface area contributed by atoms with E-state index in [0.29, 0.717) is 29.3 Å². The topological polar surface area (TPSA) is 58.6 Å². The maximum atomic E-state index is 12.1. The van der Waals surface area contributed by atoms with E-state index in [1.807, 2.05) is 29.2 Å². The summed E-state index contributed by atoms with van der Waals surface area (Å²) in [7, 11) is 0. The minimum atomic E-state index is -0.234. The number of carbonyl (C=O) groups is 2. The van der Waals surface area contributed by atoms with Gasteiger partial charge >= 0.3 is 0 Å². The van der Waals surface area contributed by atoms with E-state index in [4.69, 9.17) is 16.3 Å². The van der Waals surface area contributed by atoms with Crippen LogP contribution in [0.15, 0.2) is 48.5 Å². The number of hydrogen-bond donors (Lipinski definition) is 1. The van der Waals surface area contributed by atoms with Gasteiger partial charge in [0, 0.05) is 30.2 Å². The van der Waals surface area contributed by atoms with Crippen molar-refractivity contribution in [1.29, 1.82) is 0 Å². The van der Waals surface area contributed by atoms with Crippen LogP contribution >= 0.6 is 11.6 Å². The first kappa shape index (κ1) is 19.2. The van der Waals surface area contributed by atoms with Gasteiger partial charge in [-0.15, -0.1) is 0 Å². The van der Waals surface area contributed by atoms with Gasteiger partial charge in [-0.1, -0.05) is 23.7 Å². The van der Waals surface area contributed by atoms with Gasteiger partial charge in [-0.2, -0.15) is 0 Å². The third kappa shape index (κ3) is 6.00. The van der Waals surface area contributed by atoms with Crippen LogP contribution in [-0.4, -0.2) is 36.4 Å². The van der Waals surface area contributed by atoms with Crippen LogP contribution in [0.3, 0.4) is 0 Å². The van der Waals surface area contributed by atoms with Crippen molar-refractivity contribution >= 4 is 29.1 Å². The summed E-state index contributed by atoms with van der Waals surface area (Å²) in [5, 5.41) is 3.41. The second kappa shape index (κ2) is 9.42. The van der Waals surface area contributed by atoms with Crippen LogP contribution in [0.2, 0.25) is 5.02 Å². The molecule has 0 unspecified atom stereocenters. The Morgan fingerprint density at radius 3 is 2.33 bits per heavy atom. The molecule has 2 amide bonds. The predicted molar refractivity (Wildman–Crippen MR) is 106 cm³/mol. The van der Waals surface area contributed by atoms with Gasteiger partial charge in [0.05, 0.1) is 0 Å². The maximum absolute atomic E-state index is 12.1. The zero-order valence-corrected chi connectivity index (χ0v) is 15.9. The number of carbonyl (C=O) groups excluding carboxylic acids is 2. The Hall–Kier alpha value is -2.53. The van der Waals surface area contributed by atoms with Crippen molar-refractivity contribution in [1.82, 2.24) is 4.90 Å². The molecule has 0 bridgehead atoms. The smallest absolute Gasteiger partial charge is 0.262 e. The first-order valence-electron chi connectivity index (χ1n) is 9.15. The van der Waals surface area contributed by atoms with E-state index in [1.165, 1.54) is 0 Å². The lowest BCUT2D eigenvalue weighted by Crippen LogP contribution is -2.27. The molecule has 142 valence electrons. The lowest BCUT2D eigenvalue weighted by molar-refractivity contribution is -0.130. The minimum absolute atomic E-state index is 0.0757. The number of anilines is 1. The van der Waals surface area contributed by atoms with Gasteiger partial charge in [0.2, 0.25) is 5.91 Å². The van der Waals surface area contributed by atoms with E-state index >= 15 is 0 Å². The first-order valence-corrected chi connectivity index (χ1v) is 9.53. The van der Waals surface area contributed by atoms with E-state index in [0.717, 1.165) is 31.5 Å². The van der Waals surface area contributed by atoms with Crippen LogP contribution in [0, 0.1) is 0 Å². The highest BCUT2D eigenvalue weighted by atomic mass is 35.5. The van der Waals surface area contributed by atoms with Crippen LogP contribution in [0.5, 0.6) is 5.75 Å². The standard InChI is InChI=1S/C21H23ClN2O3/c22-17-6-10-19(11-7-17)27-15-20(25)23-18-8-3-16(4-9-18)5-12-21(26)24-13-1-2-14-24/h3-4,6-11H,1-2,5,12-15H2,(H,23,25). The van der Waals surface area contributed by atoms with Crippen molar-refractivity contribution in [3.8, 4) is 5.75 Å². The molecule has 5 nitrogen and oxygen atoms in total. The Bertz CT molecular complexity index is 769. The molecule has 1 heterocycles. The summed E-state index contributed by atoms with van der Waals surface area (Å²) in [6.07, 6.45) is 3.47. The first-order chi connectivity index (χ1) is 13.1. The van der Waals surface area contributed by atoms with Crippen LogP contribution in [0.1, 0.15) is 24.8 Å². The van der Waals surface area contributed by atoms with E-state index in [-0.39, 0.29) is 18.4 Å². The summed E-state index contributed by atoms with van der Waals surface area (Å²) in [5.74, 6) is 0.582. The molecule has 2 aromatic carbocycles. The largest absolute Gasteiger partial charge is 0.484 e. The number of halogens is 1. The number of likely N-dealkylation sites (tertiary alicyclic amines) is 1. The SMILES string of the molecule is O=C(COc1ccc(Cl)cc1)Nc1ccc(CCC(=O)N2CCCC2)cc1. The van der Waals surface area contributed by atoms with Crippen molar-refractivity contribution in [3.63, 3.8) is 0 Å². The van der Waals surface area contributed by atoms with Gasteiger partial charge in [-0.3, -0.25) is 9.59 Å². The molecule has 0 spiro atoms. The summed E-state index contributed by atoms with van der Waals surface area (Å²) in [5.41, 5.74) is 1.78. The molecule has 0 aliphatic carbocycles. The van der Waals surface area contributed by atoms with Gasteiger partial charge < -0.3 is 15.0 Å². The molecular formula is C21H23ClN2O3. The van der Waals surface area contributed by atoms with E-state index in [2.05, 4.69) is 5.32 Å². The zero-order valence-electron chi connectivity index (χ0n) is 15.1. The van der Waals surface area contributed by atoms with E-state index in [1.54, 1.807) is 24.3 Å². The molecule has 0 aromatic heterocycles. The highest BCUT2D eigenvalue weighted by Crippen LogP contribution is 2.16. The number of ether oxygens (including phenoxy) is 1. The van der Waals surface area contributed by atoms with Crippen LogP contribution < -0.4 is 10.1 Å². The molecule has 27 heavy (non-hydrogen) atoms. The second-order valence-electron chi connectivity index (χ2n) is 6.58. The molecule has 3 rings (SSSR count). The zero-order chi connectivity index (χ0) is 19.1. The van der Waals surface area contributed by atoms with Crippen molar-refractivity contribution in [2.24, 2.45) is 0 Å². The lowest BCUT2D eigenvalue weighted by atomic mass is 10.1. The summed E-state index contributed by atoms with van der Waals surface area (Å²) < 4.78 is 5.42. The van der Waals surface area contributed by atoms with Gasteiger partial charge in [0.15, 0.2) is 6.61 Å². The van der Waals surface area contributed by atoms with Gasteiger partial charge in [-0.25, -0.2) is 0 Å². The number of benzene rings is 2. The van der Waals surface area contributed by atoms with Crippen LogP contribution in [-0.2, 0) is 16.0 Å². The number of nitrogens with one attached hydrogen (secondary N) is 1. The maximum Gasteiger partial charge on any atom is 0.262 e. The highest BCUT2D eigenvalue weighted by molar-refractivity contribution is 6.30. The third-order valence-electron chi connectivity index (χ3n) is 4.51. The number of amides is 2. The Balaban J connectivity index is 1.42. The average molecular weight is 387 g/mol. The monoisotopic (exact) mass is 386 g/mol. The predicted octanol–water partition coefficient (Wildman–Crippen LogP) is 3.91. The molecule has 1 aliphatic heterocycles. The molecule has 0 saturated carbocycles. The third-order valence-corrected chi connectivity index (χ3v) is 4.76. The van der Waals surface area contributed by atoms with Crippen molar-refractivity contribution in [2.75, 3.05) is 25.0 Å². The number of rotatable bonds is 7. The normalized spacial score (nSPS) is 13.4. The van der Waals surface area contributed by atoms with Crippen molar-refractivity contribution < 1.29 is 14.3 Å². The molecule has 1 aliphatic rings. The van der Waals surface area contributed by atoms with Crippen LogP contribution in [0.4, 0.5) is 5.69 Å². The van der Waals surface area contributed by atoms with E-state index in [9.17, 15) is 9.59 Å². The summed E-state index contributed by atoms with van der Waals surface area (Å²) in [6, 6.07) is 14.4. The molecule has 1 saturated heterocycles. The fourth-order valence-electron chi connectivity index (χ4n) is 3.01. The fourth-order valence-corrected chi connectivity index (χ4v) is 3.13. The molecule has 1 fully saturated rings. The van der Waals surface area contributed by atoms with Gasteiger partial charge in [0.1, 0.15) is 5.75 Å². The number of aryl methyl sites for hydroxylation is 1. The second-order valence-corrected chi connectivity index (χ2v) is 7.01.